The van der Waals surface area contributed by atoms with E-state index in [-0.39, 0.29) is 18.1 Å². The molecular formula is C17H24N2O2S. The molecule has 4 rings (SSSR count). The van der Waals surface area contributed by atoms with Crippen molar-refractivity contribution in [2.24, 2.45) is 5.92 Å². The van der Waals surface area contributed by atoms with Gasteiger partial charge in [0.25, 0.3) is 0 Å². The molecule has 22 heavy (non-hydrogen) atoms. The average Bonchev–Trinajstić information content (AvgIpc) is 3.07. The van der Waals surface area contributed by atoms with Crippen molar-refractivity contribution < 1.29 is 9.53 Å². The molecule has 0 unspecified atom stereocenters. The standard InChI is InChI=1S/C17H24N2O2S/c20-17(18-10-12-3-4-12)16-6-5-14-15(21-16)7-8-19(14)11-13-2-1-9-22-13/h1-2,9,12,14-16H,3-8,10-11H2,(H,18,20)/t14-,15-,16-/m0/s1. The number of likely N-dealkylation sites (tertiary alicyclic amines) is 1. The Bertz CT molecular complexity index is 515. The van der Waals surface area contributed by atoms with Crippen molar-refractivity contribution in [3.63, 3.8) is 0 Å². The zero-order valence-corrected chi connectivity index (χ0v) is 13.7. The molecule has 0 aromatic carbocycles. The van der Waals surface area contributed by atoms with Gasteiger partial charge in [-0.25, -0.2) is 0 Å². The molecule has 0 spiro atoms. The van der Waals surface area contributed by atoms with Crippen molar-refractivity contribution in [3.8, 4) is 0 Å². The molecule has 2 aliphatic heterocycles. The van der Waals surface area contributed by atoms with E-state index in [0.717, 1.165) is 44.8 Å². The summed E-state index contributed by atoms with van der Waals surface area (Å²) < 4.78 is 6.12. The summed E-state index contributed by atoms with van der Waals surface area (Å²) in [6.07, 6.45) is 5.56. The number of ether oxygens (including phenoxy) is 1. The van der Waals surface area contributed by atoms with Gasteiger partial charge in [-0.3, -0.25) is 9.69 Å². The second-order valence-electron chi connectivity index (χ2n) is 6.83. The largest absolute Gasteiger partial charge is 0.363 e. The van der Waals surface area contributed by atoms with E-state index in [9.17, 15) is 4.79 Å². The van der Waals surface area contributed by atoms with E-state index >= 15 is 0 Å². The lowest BCUT2D eigenvalue weighted by atomic mass is 9.98. The second-order valence-corrected chi connectivity index (χ2v) is 7.87. The van der Waals surface area contributed by atoms with Crippen molar-refractivity contribution in [2.75, 3.05) is 13.1 Å². The molecule has 5 heteroatoms. The van der Waals surface area contributed by atoms with E-state index in [1.54, 1.807) is 0 Å². The molecule has 1 amide bonds. The van der Waals surface area contributed by atoms with Gasteiger partial charge < -0.3 is 10.1 Å². The third-order valence-corrected chi connectivity index (χ3v) is 6.02. The lowest BCUT2D eigenvalue weighted by Crippen LogP contribution is -2.47. The Morgan fingerprint density at radius 2 is 2.23 bits per heavy atom. The van der Waals surface area contributed by atoms with Crippen molar-refractivity contribution >= 4 is 17.2 Å². The van der Waals surface area contributed by atoms with Gasteiger partial charge in [0, 0.05) is 30.6 Å². The minimum absolute atomic E-state index is 0.113. The Hall–Kier alpha value is -0.910. The predicted octanol–water partition coefficient (Wildman–Crippen LogP) is 2.40. The smallest absolute Gasteiger partial charge is 0.249 e. The fourth-order valence-electron chi connectivity index (χ4n) is 3.69. The molecule has 2 saturated heterocycles. The minimum atomic E-state index is -0.221. The normalized spacial score (nSPS) is 31.9. The quantitative estimate of drug-likeness (QED) is 0.906. The van der Waals surface area contributed by atoms with Crippen LogP contribution >= 0.6 is 11.3 Å². The molecule has 1 N–H and O–H groups in total. The first-order valence-electron chi connectivity index (χ1n) is 8.49. The minimum Gasteiger partial charge on any atom is -0.363 e. The maximum atomic E-state index is 12.2. The van der Waals surface area contributed by atoms with Crippen LogP contribution in [0.1, 0.15) is 37.0 Å². The van der Waals surface area contributed by atoms with Gasteiger partial charge in [-0.05, 0) is 49.5 Å². The van der Waals surface area contributed by atoms with Gasteiger partial charge in [0.05, 0.1) is 6.10 Å². The molecule has 0 bridgehead atoms. The SMILES string of the molecule is O=C(NCC1CC1)[C@@H]1CC[C@H]2[C@H](CCN2Cc2cccs2)O1. The zero-order valence-electron chi connectivity index (χ0n) is 12.9. The molecule has 120 valence electrons. The Labute approximate surface area is 135 Å². The van der Waals surface area contributed by atoms with Gasteiger partial charge in [0.15, 0.2) is 0 Å². The number of carbonyl (C=O) groups is 1. The molecule has 3 aliphatic rings. The highest BCUT2D eigenvalue weighted by molar-refractivity contribution is 7.09. The van der Waals surface area contributed by atoms with Crippen molar-refractivity contribution in [1.82, 2.24) is 10.2 Å². The number of nitrogens with zero attached hydrogens (tertiary/aromatic N) is 1. The molecule has 3 atom stereocenters. The molecule has 0 radical (unpaired) electrons. The number of thiophene rings is 1. The lowest BCUT2D eigenvalue weighted by molar-refractivity contribution is -0.144. The first-order chi connectivity index (χ1) is 10.8. The summed E-state index contributed by atoms with van der Waals surface area (Å²) in [7, 11) is 0. The molecule has 3 heterocycles. The lowest BCUT2D eigenvalue weighted by Gasteiger charge is -2.35. The maximum Gasteiger partial charge on any atom is 0.249 e. The molecular weight excluding hydrogens is 296 g/mol. The van der Waals surface area contributed by atoms with Crippen molar-refractivity contribution in [3.05, 3.63) is 22.4 Å². The molecule has 1 saturated carbocycles. The van der Waals surface area contributed by atoms with E-state index in [0.29, 0.717) is 6.04 Å². The van der Waals surface area contributed by atoms with Gasteiger partial charge >= 0.3 is 0 Å². The fraction of sp³-hybridized carbons (Fsp3) is 0.706. The van der Waals surface area contributed by atoms with Gasteiger partial charge in [0.1, 0.15) is 6.10 Å². The summed E-state index contributed by atoms with van der Waals surface area (Å²) >= 11 is 1.82. The first-order valence-corrected chi connectivity index (χ1v) is 9.37. The third kappa shape index (κ3) is 3.21. The highest BCUT2D eigenvalue weighted by Crippen LogP contribution is 2.33. The van der Waals surface area contributed by atoms with Crippen molar-refractivity contribution in [1.29, 1.82) is 0 Å². The van der Waals surface area contributed by atoms with Crippen LogP contribution in [0.15, 0.2) is 17.5 Å². The number of carbonyl (C=O) groups excluding carboxylic acids is 1. The fourth-order valence-corrected chi connectivity index (χ4v) is 4.42. The second kappa shape index (κ2) is 6.30. The summed E-state index contributed by atoms with van der Waals surface area (Å²) in [5, 5.41) is 5.21. The highest BCUT2D eigenvalue weighted by atomic mass is 32.1. The van der Waals surface area contributed by atoms with E-state index in [1.165, 1.54) is 17.7 Å². The zero-order chi connectivity index (χ0) is 14.9. The van der Waals surface area contributed by atoms with E-state index < -0.39 is 0 Å². The van der Waals surface area contributed by atoms with Crippen LogP contribution in [-0.2, 0) is 16.1 Å². The number of rotatable bonds is 5. The van der Waals surface area contributed by atoms with Gasteiger partial charge in [-0.2, -0.15) is 0 Å². The predicted molar refractivity (Wildman–Crippen MR) is 86.8 cm³/mol. The van der Waals surface area contributed by atoms with Crippen molar-refractivity contribution in [2.45, 2.75) is 56.9 Å². The number of amides is 1. The topological polar surface area (TPSA) is 41.6 Å². The van der Waals surface area contributed by atoms with Crippen LogP contribution in [0.25, 0.3) is 0 Å². The van der Waals surface area contributed by atoms with Crippen LogP contribution in [0.5, 0.6) is 0 Å². The highest BCUT2D eigenvalue weighted by Gasteiger charge is 2.41. The van der Waals surface area contributed by atoms with Crippen LogP contribution in [0.4, 0.5) is 0 Å². The summed E-state index contributed by atoms with van der Waals surface area (Å²) in [6.45, 7) is 2.96. The molecule has 3 fully saturated rings. The Kier molecular flexibility index (Phi) is 4.20. The van der Waals surface area contributed by atoms with Gasteiger partial charge in [0.2, 0.25) is 5.91 Å². The Balaban J connectivity index is 1.30. The monoisotopic (exact) mass is 320 g/mol. The van der Waals surface area contributed by atoms with Crippen LogP contribution < -0.4 is 5.32 Å². The van der Waals surface area contributed by atoms with Crippen LogP contribution in [-0.4, -0.2) is 42.1 Å². The summed E-state index contributed by atoms with van der Waals surface area (Å²) in [5.74, 6) is 0.843. The summed E-state index contributed by atoms with van der Waals surface area (Å²) in [6, 6.07) is 4.82. The van der Waals surface area contributed by atoms with Crippen LogP contribution in [0.3, 0.4) is 0 Å². The first kappa shape index (κ1) is 14.7. The molecule has 1 aromatic rings. The number of hydrogen-bond acceptors (Lipinski definition) is 4. The van der Waals surface area contributed by atoms with E-state index in [4.69, 9.17) is 4.74 Å². The van der Waals surface area contributed by atoms with Crippen LogP contribution in [0, 0.1) is 5.92 Å². The number of fused-ring (bicyclic) bond motifs is 1. The molecule has 1 aliphatic carbocycles. The summed E-state index contributed by atoms with van der Waals surface area (Å²) in [4.78, 5) is 16.2. The molecule has 1 aromatic heterocycles. The Morgan fingerprint density at radius 1 is 1.32 bits per heavy atom. The van der Waals surface area contributed by atoms with E-state index in [1.807, 2.05) is 11.3 Å². The van der Waals surface area contributed by atoms with Gasteiger partial charge in [-0.1, -0.05) is 6.07 Å². The van der Waals surface area contributed by atoms with Crippen LogP contribution in [0.2, 0.25) is 0 Å². The third-order valence-electron chi connectivity index (χ3n) is 5.16. The summed E-state index contributed by atoms with van der Waals surface area (Å²) in [5.41, 5.74) is 0. The van der Waals surface area contributed by atoms with Gasteiger partial charge in [-0.15, -0.1) is 11.3 Å². The Morgan fingerprint density at radius 3 is 3.00 bits per heavy atom. The number of hydrogen-bond donors (Lipinski definition) is 1. The average molecular weight is 320 g/mol. The maximum absolute atomic E-state index is 12.2. The van der Waals surface area contributed by atoms with E-state index in [2.05, 4.69) is 27.7 Å². The number of nitrogens with one attached hydrogen (secondary N) is 1. The molecule has 4 nitrogen and oxygen atoms in total.